The van der Waals surface area contributed by atoms with Crippen LogP contribution in [0.2, 0.25) is 5.02 Å². The van der Waals surface area contributed by atoms with Crippen LogP contribution in [0.25, 0.3) is 6.08 Å². The molecule has 1 aromatic carbocycles. The molecule has 2 atom stereocenters. The molecule has 2 unspecified atom stereocenters. The van der Waals surface area contributed by atoms with Gasteiger partial charge in [-0.1, -0.05) is 39.7 Å². The molecule has 132 valence electrons. The summed E-state index contributed by atoms with van der Waals surface area (Å²) in [6.07, 6.45) is 12.3. The number of hydrogen-bond donors (Lipinski definition) is 2. The summed E-state index contributed by atoms with van der Waals surface area (Å²) in [4.78, 5) is 0. The number of piperidine rings is 1. The van der Waals surface area contributed by atoms with Gasteiger partial charge in [-0.15, -0.1) is 0 Å². The SMILES string of the molecule is Clc1cc(Br)c2c(c1)/C=C\CC1=CC(Br)=CNC1C2C1CCNCC1. The van der Waals surface area contributed by atoms with Gasteiger partial charge in [0.25, 0.3) is 0 Å². The molecule has 4 rings (SSSR count). The van der Waals surface area contributed by atoms with Gasteiger partial charge >= 0.3 is 0 Å². The normalized spacial score (nSPS) is 27.8. The Bertz CT molecular complexity index is 763. The maximum atomic E-state index is 6.35. The van der Waals surface area contributed by atoms with Crippen LogP contribution in [0.3, 0.4) is 0 Å². The first-order chi connectivity index (χ1) is 12.1. The number of fused-ring (bicyclic) bond motifs is 2. The molecule has 0 radical (unpaired) electrons. The quantitative estimate of drug-likeness (QED) is 0.531. The Morgan fingerprint density at radius 3 is 2.72 bits per heavy atom. The average Bonchev–Trinajstić information content (AvgIpc) is 2.58. The number of halogens is 3. The van der Waals surface area contributed by atoms with E-state index in [2.05, 4.69) is 73.0 Å². The highest BCUT2D eigenvalue weighted by Gasteiger charge is 2.37. The first-order valence-electron chi connectivity index (χ1n) is 8.82. The molecular weight excluding hydrogens is 463 g/mol. The van der Waals surface area contributed by atoms with Crippen LogP contribution in [0.1, 0.15) is 36.3 Å². The van der Waals surface area contributed by atoms with Crippen molar-refractivity contribution in [3.63, 3.8) is 0 Å². The summed E-state index contributed by atoms with van der Waals surface area (Å²) in [5.74, 6) is 1.08. The van der Waals surface area contributed by atoms with E-state index in [9.17, 15) is 0 Å². The van der Waals surface area contributed by atoms with Crippen LogP contribution < -0.4 is 10.6 Å². The molecule has 2 heterocycles. The molecular formula is C20H21Br2ClN2. The molecule has 0 amide bonds. The van der Waals surface area contributed by atoms with Crippen molar-refractivity contribution in [1.82, 2.24) is 10.6 Å². The molecule has 0 aromatic heterocycles. The number of rotatable bonds is 1. The molecule has 2 nitrogen and oxygen atoms in total. The van der Waals surface area contributed by atoms with Crippen LogP contribution in [0.4, 0.5) is 0 Å². The van der Waals surface area contributed by atoms with Crippen molar-refractivity contribution in [1.29, 1.82) is 0 Å². The molecule has 2 aliphatic heterocycles. The minimum atomic E-state index is 0.325. The molecule has 0 saturated carbocycles. The summed E-state index contributed by atoms with van der Waals surface area (Å²) in [7, 11) is 0. The van der Waals surface area contributed by atoms with E-state index >= 15 is 0 Å². The molecule has 1 saturated heterocycles. The fraction of sp³-hybridized carbons (Fsp3) is 0.400. The van der Waals surface area contributed by atoms with E-state index in [0.717, 1.165) is 33.5 Å². The second-order valence-electron chi connectivity index (χ2n) is 7.00. The van der Waals surface area contributed by atoms with Gasteiger partial charge in [-0.05, 0) is 89.1 Å². The van der Waals surface area contributed by atoms with Crippen LogP contribution in [0, 0.1) is 5.92 Å². The second kappa shape index (κ2) is 7.59. The van der Waals surface area contributed by atoms with Gasteiger partial charge in [0.1, 0.15) is 0 Å². The predicted molar refractivity (Wildman–Crippen MR) is 113 cm³/mol. The molecule has 3 aliphatic rings. The number of dihydropyridines is 1. The minimum absolute atomic E-state index is 0.325. The van der Waals surface area contributed by atoms with Gasteiger partial charge in [0.05, 0.1) is 6.04 Å². The van der Waals surface area contributed by atoms with E-state index in [0.29, 0.717) is 17.9 Å². The zero-order valence-corrected chi connectivity index (χ0v) is 17.8. The van der Waals surface area contributed by atoms with Crippen molar-refractivity contribution in [2.75, 3.05) is 13.1 Å². The standard InChI is InChI=1S/C20H21Br2ClN2/c21-15-8-14-3-1-2-13-9-16(23)10-17(22)18(13)19(20(14)25-11-15)12-4-6-24-7-5-12/h1-2,8-12,19-20,24-25H,3-7H2/b2-1-. The van der Waals surface area contributed by atoms with Gasteiger partial charge < -0.3 is 10.6 Å². The Morgan fingerprint density at radius 2 is 1.92 bits per heavy atom. The molecule has 25 heavy (non-hydrogen) atoms. The first kappa shape index (κ1) is 17.8. The molecule has 0 spiro atoms. The summed E-state index contributed by atoms with van der Waals surface area (Å²) < 4.78 is 2.24. The highest BCUT2D eigenvalue weighted by Crippen LogP contribution is 2.45. The Labute approximate surface area is 171 Å². The molecule has 1 aromatic rings. The lowest BCUT2D eigenvalue weighted by Gasteiger charge is -2.41. The van der Waals surface area contributed by atoms with Crippen molar-refractivity contribution < 1.29 is 0 Å². The third-order valence-electron chi connectivity index (χ3n) is 5.48. The average molecular weight is 485 g/mol. The molecule has 2 N–H and O–H groups in total. The minimum Gasteiger partial charge on any atom is -0.383 e. The predicted octanol–water partition coefficient (Wildman–Crippen LogP) is 5.74. The van der Waals surface area contributed by atoms with Gasteiger partial charge in [0.2, 0.25) is 0 Å². The molecule has 1 fully saturated rings. The largest absolute Gasteiger partial charge is 0.383 e. The highest BCUT2D eigenvalue weighted by atomic mass is 79.9. The topological polar surface area (TPSA) is 24.1 Å². The summed E-state index contributed by atoms with van der Waals surface area (Å²) in [6.45, 7) is 2.20. The van der Waals surface area contributed by atoms with Crippen LogP contribution >= 0.6 is 43.5 Å². The van der Waals surface area contributed by atoms with Crippen molar-refractivity contribution in [3.05, 3.63) is 61.2 Å². The second-order valence-corrected chi connectivity index (χ2v) is 9.21. The lowest BCUT2D eigenvalue weighted by Crippen LogP contribution is -2.42. The van der Waals surface area contributed by atoms with Crippen LogP contribution in [0.15, 0.2) is 45.0 Å². The van der Waals surface area contributed by atoms with Crippen LogP contribution in [-0.2, 0) is 0 Å². The Morgan fingerprint density at radius 1 is 1.12 bits per heavy atom. The fourth-order valence-corrected chi connectivity index (χ4v) is 5.92. The lowest BCUT2D eigenvalue weighted by molar-refractivity contribution is 0.286. The summed E-state index contributed by atoms with van der Waals surface area (Å²) in [5.41, 5.74) is 4.08. The first-order valence-corrected chi connectivity index (χ1v) is 10.8. The highest BCUT2D eigenvalue weighted by molar-refractivity contribution is 9.12. The van der Waals surface area contributed by atoms with Crippen LogP contribution in [-0.4, -0.2) is 19.1 Å². The zero-order chi connectivity index (χ0) is 17.4. The van der Waals surface area contributed by atoms with Gasteiger partial charge in [-0.3, -0.25) is 0 Å². The van der Waals surface area contributed by atoms with E-state index in [-0.39, 0.29) is 0 Å². The summed E-state index contributed by atoms with van der Waals surface area (Å²) in [6, 6.07) is 4.47. The molecule has 5 heteroatoms. The number of hydrogen-bond acceptors (Lipinski definition) is 2. The maximum absolute atomic E-state index is 6.35. The zero-order valence-electron chi connectivity index (χ0n) is 13.9. The van der Waals surface area contributed by atoms with Crippen molar-refractivity contribution in [2.24, 2.45) is 5.92 Å². The number of benzene rings is 1. The summed E-state index contributed by atoms with van der Waals surface area (Å²) >= 11 is 13.8. The van der Waals surface area contributed by atoms with Gasteiger partial charge in [-0.25, -0.2) is 0 Å². The van der Waals surface area contributed by atoms with Crippen molar-refractivity contribution >= 4 is 49.5 Å². The maximum Gasteiger partial charge on any atom is 0.0547 e. The monoisotopic (exact) mass is 482 g/mol. The van der Waals surface area contributed by atoms with Crippen molar-refractivity contribution in [3.8, 4) is 0 Å². The van der Waals surface area contributed by atoms with Crippen LogP contribution in [0.5, 0.6) is 0 Å². The lowest BCUT2D eigenvalue weighted by atomic mass is 9.71. The molecule has 1 aliphatic carbocycles. The third-order valence-corrected chi connectivity index (χ3v) is 6.82. The van der Waals surface area contributed by atoms with E-state index in [1.165, 1.54) is 29.5 Å². The van der Waals surface area contributed by atoms with E-state index in [4.69, 9.17) is 11.6 Å². The van der Waals surface area contributed by atoms with E-state index in [1.54, 1.807) is 0 Å². The molecule has 0 bridgehead atoms. The number of nitrogens with one attached hydrogen (secondary N) is 2. The van der Waals surface area contributed by atoms with Gasteiger partial charge in [0, 0.05) is 26.1 Å². The Balaban J connectivity index is 1.86. The Kier molecular flexibility index (Phi) is 5.42. The number of allylic oxidation sites excluding steroid dienone is 3. The van der Waals surface area contributed by atoms with Crippen molar-refractivity contribution in [2.45, 2.75) is 31.2 Å². The summed E-state index contributed by atoms with van der Waals surface area (Å²) in [5, 5.41) is 7.98. The third kappa shape index (κ3) is 3.64. The van der Waals surface area contributed by atoms with E-state index < -0.39 is 0 Å². The van der Waals surface area contributed by atoms with Gasteiger partial charge in [-0.2, -0.15) is 0 Å². The smallest absolute Gasteiger partial charge is 0.0547 e. The fourth-order valence-electron chi connectivity index (χ4n) is 4.40. The van der Waals surface area contributed by atoms with Gasteiger partial charge in [0.15, 0.2) is 0 Å². The Hall–Kier alpha value is -0.550. The van der Waals surface area contributed by atoms with E-state index in [1.807, 2.05) is 6.07 Å².